The number of amides is 1. The highest BCUT2D eigenvalue weighted by Gasteiger charge is 2.28. The van der Waals surface area contributed by atoms with Crippen molar-refractivity contribution in [2.24, 2.45) is 0 Å². The van der Waals surface area contributed by atoms with Gasteiger partial charge in [-0.25, -0.2) is 4.98 Å². The van der Waals surface area contributed by atoms with Gasteiger partial charge in [0.15, 0.2) is 0 Å². The van der Waals surface area contributed by atoms with E-state index in [0.29, 0.717) is 18.7 Å². The monoisotopic (exact) mass is 292 g/mol. The highest BCUT2D eigenvalue weighted by molar-refractivity contribution is 5.95. The molecule has 2 aliphatic heterocycles. The number of carbonyl (C=O) groups is 1. The molecule has 0 aromatic carbocycles. The molecule has 3 heterocycles. The molecule has 0 saturated carbocycles. The first-order valence-electron chi connectivity index (χ1n) is 7.23. The molecule has 114 valence electrons. The average molecular weight is 292 g/mol. The van der Waals surface area contributed by atoms with Crippen molar-refractivity contribution in [2.75, 3.05) is 43.1 Å². The summed E-state index contributed by atoms with van der Waals surface area (Å²) in [6.45, 7) is 3.57. The Bertz CT molecular complexity index is 487. The van der Waals surface area contributed by atoms with Crippen molar-refractivity contribution in [1.29, 1.82) is 0 Å². The first-order chi connectivity index (χ1) is 10.2. The number of β-amino-alcohol motifs (C(OH)–C–C–N with tert-alkyl or cyclic N) is 1. The molecule has 2 aliphatic rings. The molecule has 21 heavy (non-hydrogen) atoms. The summed E-state index contributed by atoms with van der Waals surface area (Å²) >= 11 is 0. The predicted octanol–water partition coefficient (Wildman–Crippen LogP) is -0.421. The average Bonchev–Trinajstić information content (AvgIpc) is 2.96. The van der Waals surface area contributed by atoms with Gasteiger partial charge in [-0.05, 0) is 18.6 Å². The second-order valence-electron chi connectivity index (χ2n) is 5.34. The molecule has 1 amide bonds. The summed E-state index contributed by atoms with van der Waals surface area (Å²) in [7, 11) is 0. The molecule has 2 atom stereocenters. The van der Waals surface area contributed by atoms with Crippen molar-refractivity contribution in [3.8, 4) is 0 Å². The summed E-state index contributed by atoms with van der Waals surface area (Å²) in [5, 5.41) is 15.2. The van der Waals surface area contributed by atoms with Gasteiger partial charge in [0.1, 0.15) is 5.82 Å². The van der Waals surface area contributed by atoms with Gasteiger partial charge in [0, 0.05) is 19.6 Å². The fraction of sp³-hybridized carbons (Fsp3) is 0.571. The Kier molecular flexibility index (Phi) is 4.33. The lowest BCUT2D eigenvalue weighted by Crippen LogP contribution is -2.37. The van der Waals surface area contributed by atoms with Crippen LogP contribution >= 0.6 is 0 Å². The normalized spacial score (nSPS) is 25.9. The van der Waals surface area contributed by atoms with Crippen LogP contribution < -0.4 is 15.5 Å². The molecule has 7 nitrogen and oxygen atoms in total. The van der Waals surface area contributed by atoms with E-state index in [-0.39, 0.29) is 11.9 Å². The molecule has 0 bridgehead atoms. The topological polar surface area (TPSA) is 86.7 Å². The number of aliphatic hydroxyl groups is 1. The molecular weight excluding hydrogens is 272 g/mol. The third-order valence-corrected chi connectivity index (χ3v) is 3.77. The van der Waals surface area contributed by atoms with Crippen LogP contribution in [0.2, 0.25) is 0 Å². The number of aliphatic hydroxyl groups excluding tert-OH is 1. The summed E-state index contributed by atoms with van der Waals surface area (Å²) in [6.07, 6.45) is 1.67. The lowest BCUT2D eigenvalue weighted by atomic mass is 10.2. The highest BCUT2D eigenvalue weighted by Crippen LogP contribution is 2.16. The molecule has 0 radical (unpaired) electrons. The number of nitrogens with zero attached hydrogens (tertiary/aromatic N) is 2. The molecule has 1 aromatic rings. The Morgan fingerprint density at radius 1 is 1.43 bits per heavy atom. The van der Waals surface area contributed by atoms with Gasteiger partial charge in [-0.1, -0.05) is 0 Å². The minimum absolute atomic E-state index is 0.132. The van der Waals surface area contributed by atoms with Crippen molar-refractivity contribution in [1.82, 2.24) is 10.3 Å². The lowest BCUT2D eigenvalue weighted by molar-refractivity contribution is -0.117. The standard InChI is InChI=1S/C14H20N4O3/c19-11-7-12(15-9-11)14(20)17-10-1-2-13(16-8-10)18-3-5-21-6-4-18/h1-2,8,11-12,15,19H,3-7,9H2,(H,17,20). The molecular formula is C14H20N4O3. The number of ether oxygens (including phenoxy) is 1. The van der Waals surface area contributed by atoms with Crippen LogP contribution in [-0.4, -0.2) is 61.0 Å². The summed E-state index contributed by atoms with van der Waals surface area (Å²) in [6, 6.07) is 3.41. The van der Waals surface area contributed by atoms with Crippen LogP contribution in [0.4, 0.5) is 11.5 Å². The van der Waals surface area contributed by atoms with E-state index in [1.165, 1.54) is 0 Å². The number of hydrogen-bond donors (Lipinski definition) is 3. The van der Waals surface area contributed by atoms with Crippen molar-refractivity contribution < 1.29 is 14.6 Å². The predicted molar refractivity (Wildman–Crippen MR) is 78.3 cm³/mol. The van der Waals surface area contributed by atoms with E-state index in [2.05, 4.69) is 20.5 Å². The fourth-order valence-electron chi connectivity index (χ4n) is 2.59. The number of nitrogens with one attached hydrogen (secondary N) is 2. The zero-order valence-corrected chi connectivity index (χ0v) is 11.8. The quantitative estimate of drug-likeness (QED) is 0.701. The second kappa shape index (κ2) is 6.38. The summed E-state index contributed by atoms with van der Waals surface area (Å²) in [5.74, 6) is 0.762. The molecule has 3 N–H and O–H groups in total. The van der Waals surface area contributed by atoms with Gasteiger partial charge in [-0.3, -0.25) is 4.79 Å². The number of carbonyl (C=O) groups excluding carboxylic acids is 1. The van der Waals surface area contributed by atoms with Crippen LogP contribution in [0.1, 0.15) is 6.42 Å². The van der Waals surface area contributed by atoms with Crippen LogP contribution in [0.5, 0.6) is 0 Å². The SMILES string of the molecule is O=C(Nc1ccc(N2CCOCC2)nc1)C1CC(O)CN1. The van der Waals surface area contributed by atoms with Crippen LogP contribution in [0.3, 0.4) is 0 Å². The van der Waals surface area contributed by atoms with Crippen LogP contribution in [0.25, 0.3) is 0 Å². The Morgan fingerprint density at radius 3 is 2.86 bits per heavy atom. The van der Waals surface area contributed by atoms with Gasteiger partial charge < -0.3 is 25.4 Å². The molecule has 2 unspecified atom stereocenters. The van der Waals surface area contributed by atoms with Crippen molar-refractivity contribution in [3.05, 3.63) is 18.3 Å². The third kappa shape index (κ3) is 3.49. The lowest BCUT2D eigenvalue weighted by Gasteiger charge is -2.27. The highest BCUT2D eigenvalue weighted by atomic mass is 16.5. The van der Waals surface area contributed by atoms with Gasteiger partial charge in [-0.2, -0.15) is 0 Å². The molecule has 0 spiro atoms. The van der Waals surface area contributed by atoms with Crippen LogP contribution in [0, 0.1) is 0 Å². The number of hydrogen-bond acceptors (Lipinski definition) is 6. The van der Waals surface area contributed by atoms with Crippen molar-refractivity contribution in [3.63, 3.8) is 0 Å². The minimum Gasteiger partial charge on any atom is -0.392 e. The Labute approximate surface area is 123 Å². The maximum Gasteiger partial charge on any atom is 0.241 e. The minimum atomic E-state index is -0.442. The smallest absolute Gasteiger partial charge is 0.241 e. The number of aromatic nitrogens is 1. The summed E-state index contributed by atoms with van der Waals surface area (Å²) < 4.78 is 5.31. The number of anilines is 2. The van der Waals surface area contributed by atoms with Gasteiger partial charge in [-0.15, -0.1) is 0 Å². The molecule has 0 aliphatic carbocycles. The maximum absolute atomic E-state index is 12.0. The largest absolute Gasteiger partial charge is 0.392 e. The zero-order chi connectivity index (χ0) is 14.7. The third-order valence-electron chi connectivity index (χ3n) is 3.77. The van der Waals surface area contributed by atoms with Gasteiger partial charge in [0.25, 0.3) is 0 Å². The summed E-state index contributed by atoms with van der Waals surface area (Å²) in [4.78, 5) is 18.5. The Hall–Kier alpha value is -1.70. The molecule has 1 aromatic heterocycles. The van der Waals surface area contributed by atoms with E-state index < -0.39 is 6.10 Å². The molecule has 7 heteroatoms. The molecule has 3 rings (SSSR count). The molecule has 2 fully saturated rings. The number of rotatable bonds is 3. The Morgan fingerprint density at radius 2 is 2.24 bits per heavy atom. The number of pyridine rings is 1. The van der Waals surface area contributed by atoms with E-state index in [9.17, 15) is 9.90 Å². The van der Waals surface area contributed by atoms with E-state index in [0.717, 1.165) is 32.1 Å². The second-order valence-corrected chi connectivity index (χ2v) is 5.34. The van der Waals surface area contributed by atoms with E-state index in [4.69, 9.17) is 4.74 Å². The Balaban J connectivity index is 1.57. The van der Waals surface area contributed by atoms with Crippen LogP contribution in [0.15, 0.2) is 18.3 Å². The van der Waals surface area contributed by atoms with E-state index in [1.807, 2.05) is 12.1 Å². The first kappa shape index (κ1) is 14.2. The number of morpholine rings is 1. The van der Waals surface area contributed by atoms with Crippen molar-refractivity contribution >= 4 is 17.4 Å². The maximum atomic E-state index is 12.0. The molecule has 2 saturated heterocycles. The van der Waals surface area contributed by atoms with Crippen molar-refractivity contribution in [2.45, 2.75) is 18.6 Å². The van der Waals surface area contributed by atoms with E-state index >= 15 is 0 Å². The van der Waals surface area contributed by atoms with Gasteiger partial charge >= 0.3 is 0 Å². The van der Waals surface area contributed by atoms with Crippen LogP contribution in [-0.2, 0) is 9.53 Å². The van der Waals surface area contributed by atoms with Gasteiger partial charge in [0.05, 0.1) is 37.2 Å². The first-order valence-corrected chi connectivity index (χ1v) is 7.23. The van der Waals surface area contributed by atoms with E-state index in [1.54, 1.807) is 6.20 Å². The summed E-state index contributed by atoms with van der Waals surface area (Å²) in [5.41, 5.74) is 0.667. The zero-order valence-electron chi connectivity index (χ0n) is 11.8. The fourth-order valence-corrected chi connectivity index (χ4v) is 2.59. The van der Waals surface area contributed by atoms with Gasteiger partial charge in [0.2, 0.25) is 5.91 Å².